The van der Waals surface area contributed by atoms with E-state index in [2.05, 4.69) is 5.32 Å². The maximum absolute atomic E-state index is 10.8. The molecule has 0 radical (unpaired) electrons. The average molecular weight is 264 g/mol. The third-order valence-electron chi connectivity index (χ3n) is 3.65. The van der Waals surface area contributed by atoms with E-state index in [1.807, 2.05) is 7.05 Å². The van der Waals surface area contributed by atoms with Crippen molar-refractivity contribution in [2.45, 2.75) is 32.3 Å². The van der Waals surface area contributed by atoms with Crippen molar-refractivity contribution in [2.75, 3.05) is 19.0 Å². The molecule has 0 bridgehead atoms. The molecular formula is C14H20N2O3. The molecule has 0 aromatic heterocycles. The van der Waals surface area contributed by atoms with Crippen LogP contribution < -0.4 is 5.32 Å². The topological polar surface area (TPSA) is 64.4 Å². The first kappa shape index (κ1) is 13.8. The van der Waals surface area contributed by atoms with Gasteiger partial charge in [-0.15, -0.1) is 0 Å². The summed E-state index contributed by atoms with van der Waals surface area (Å²) in [5.41, 5.74) is 1.84. The number of hydrogen-bond donors (Lipinski definition) is 1. The summed E-state index contributed by atoms with van der Waals surface area (Å²) in [5.74, 6) is 0.664. The number of benzene rings is 1. The quantitative estimate of drug-likeness (QED) is 0.632. The van der Waals surface area contributed by atoms with E-state index < -0.39 is 0 Å². The van der Waals surface area contributed by atoms with Gasteiger partial charge in [0.25, 0.3) is 5.69 Å². The number of hydrogen-bond acceptors (Lipinski definition) is 4. The van der Waals surface area contributed by atoms with E-state index in [-0.39, 0.29) is 10.6 Å². The largest absolute Gasteiger partial charge is 0.388 e. The minimum absolute atomic E-state index is 0.110. The van der Waals surface area contributed by atoms with Crippen LogP contribution in [0.5, 0.6) is 0 Å². The fourth-order valence-electron chi connectivity index (χ4n) is 2.57. The predicted octanol–water partition coefficient (Wildman–Crippen LogP) is 3.34. The van der Waals surface area contributed by atoms with Crippen LogP contribution in [-0.2, 0) is 11.3 Å². The molecule has 104 valence electrons. The Labute approximate surface area is 113 Å². The first-order valence-corrected chi connectivity index (χ1v) is 6.73. The highest BCUT2D eigenvalue weighted by Gasteiger charge is 2.16. The van der Waals surface area contributed by atoms with E-state index in [1.54, 1.807) is 12.1 Å². The van der Waals surface area contributed by atoms with Gasteiger partial charge in [-0.25, -0.2) is 0 Å². The molecule has 2 rings (SSSR count). The fourth-order valence-corrected chi connectivity index (χ4v) is 2.57. The first-order chi connectivity index (χ1) is 9.20. The molecule has 0 spiro atoms. The number of non-ortho nitro benzene ring substituents is 1. The van der Waals surface area contributed by atoms with E-state index in [1.165, 1.54) is 31.7 Å². The van der Waals surface area contributed by atoms with Gasteiger partial charge in [0, 0.05) is 37.0 Å². The third-order valence-corrected chi connectivity index (χ3v) is 3.65. The number of rotatable bonds is 6. The van der Waals surface area contributed by atoms with Gasteiger partial charge >= 0.3 is 0 Å². The number of nitro groups is 1. The second kappa shape index (κ2) is 6.52. The molecule has 1 N–H and O–H groups in total. The molecule has 0 atom stereocenters. The smallest absolute Gasteiger partial charge is 0.269 e. The summed E-state index contributed by atoms with van der Waals surface area (Å²) in [6, 6.07) is 4.82. The van der Waals surface area contributed by atoms with Gasteiger partial charge in [0.15, 0.2) is 0 Å². The van der Waals surface area contributed by atoms with E-state index in [0.717, 1.165) is 17.9 Å². The predicted molar refractivity (Wildman–Crippen MR) is 74.3 cm³/mol. The molecule has 5 nitrogen and oxygen atoms in total. The number of nitro benzene ring substituents is 1. The zero-order valence-electron chi connectivity index (χ0n) is 11.2. The van der Waals surface area contributed by atoms with Crippen molar-refractivity contribution in [3.05, 3.63) is 33.9 Å². The zero-order chi connectivity index (χ0) is 13.7. The molecule has 0 saturated heterocycles. The molecular weight excluding hydrogens is 244 g/mol. The van der Waals surface area contributed by atoms with Crippen LogP contribution in [0.2, 0.25) is 0 Å². The molecule has 1 aromatic rings. The number of nitrogens with one attached hydrogen (secondary N) is 1. The van der Waals surface area contributed by atoms with Gasteiger partial charge in [-0.2, -0.15) is 0 Å². The van der Waals surface area contributed by atoms with Gasteiger partial charge in [-0.1, -0.05) is 12.8 Å². The first-order valence-electron chi connectivity index (χ1n) is 6.73. The van der Waals surface area contributed by atoms with Crippen molar-refractivity contribution in [3.63, 3.8) is 0 Å². The van der Waals surface area contributed by atoms with Gasteiger partial charge in [0.2, 0.25) is 0 Å². The average Bonchev–Trinajstić information content (AvgIpc) is 2.91. The van der Waals surface area contributed by atoms with Crippen molar-refractivity contribution in [2.24, 2.45) is 5.92 Å². The molecule has 1 aliphatic rings. The van der Waals surface area contributed by atoms with E-state index >= 15 is 0 Å². The number of ether oxygens (including phenoxy) is 1. The Balaban J connectivity index is 1.96. The fraction of sp³-hybridized carbons (Fsp3) is 0.571. The van der Waals surface area contributed by atoms with Crippen LogP contribution in [0.25, 0.3) is 0 Å². The minimum Gasteiger partial charge on any atom is -0.388 e. The zero-order valence-corrected chi connectivity index (χ0v) is 11.2. The molecule has 0 amide bonds. The monoisotopic (exact) mass is 264 g/mol. The van der Waals surface area contributed by atoms with Crippen LogP contribution in [0.4, 0.5) is 11.4 Å². The Bertz CT molecular complexity index is 442. The second-order valence-electron chi connectivity index (χ2n) is 5.01. The van der Waals surface area contributed by atoms with Crippen LogP contribution in [-0.4, -0.2) is 18.6 Å². The van der Waals surface area contributed by atoms with Crippen molar-refractivity contribution < 1.29 is 9.66 Å². The maximum Gasteiger partial charge on any atom is 0.269 e. The molecule has 19 heavy (non-hydrogen) atoms. The Kier molecular flexibility index (Phi) is 4.74. The molecule has 0 unspecified atom stereocenters. The van der Waals surface area contributed by atoms with Crippen LogP contribution in [0, 0.1) is 16.0 Å². The van der Waals surface area contributed by atoms with Crippen LogP contribution in [0.1, 0.15) is 31.2 Å². The van der Waals surface area contributed by atoms with E-state index in [9.17, 15) is 10.1 Å². The second-order valence-corrected chi connectivity index (χ2v) is 5.01. The van der Waals surface area contributed by atoms with Gasteiger partial charge in [-0.3, -0.25) is 10.1 Å². The summed E-state index contributed by atoms with van der Waals surface area (Å²) >= 11 is 0. The summed E-state index contributed by atoms with van der Waals surface area (Å²) in [6.07, 6.45) is 5.08. The van der Waals surface area contributed by atoms with Crippen molar-refractivity contribution >= 4 is 11.4 Å². The Hall–Kier alpha value is -1.62. The Morgan fingerprint density at radius 2 is 2.16 bits per heavy atom. The molecule has 0 heterocycles. The highest BCUT2D eigenvalue weighted by Crippen LogP contribution is 2.26. The molecule has 1 fully saturated rings. The standard InChI is InChI=1S/C14H20N2O3/c1-15-14-7-6-13(16(17)18)8-12(14)10-19-9-11-4-2-3-5-11/h6-8,11,15H,2-5,9-10H2,1H3. The summed E-state index contributed by atoms with van der Waals surface area (Å²) in [4.78, 5) is 10.4. The maximum atomic E-state index is 10.8. The highest BCUT2D eigenvalue weighted by atomic mass is 16.6. The Morgan fingerprint density at radius 3 is 2.79 bits per heavy atom. The lowest BCUT2D eigenvalue weighted by molar-refractivity contribution is -0.384. The normalized spacial score (nSPS) is 15.6. The van der Waals surface area contributed by atoms with Crippen LogP contribution in [0.15, 0.2) is 18.2 Å². The SMILES string of the molecule is CNc1ccc([N+](=O)[O-])cc1COCC1CCCC1. The summed E-state index contributed by atoms with van der Waals surface area (Å²) < 4.78 is 5.72. The van der Waals surface area contributed by atoms with Crippen molar-refractivity contribution in [3.8, 4) is 0 Å². The summed E-state index contributed by atoms with van der Waals surface area (Å²) in [7, 11) is 1.81. The lowest BCUT2D eigenvalue weighted by atomic mass is 10.1. The van der Waals surface area contributed by atoms with Crippen LogP contribution >= 0.6 is 0 Å². The lowest BCUT2D eigenvalue weighted by Crippen LogP contribution is -2.07. The highest BCUT2D eigenvalue weighted by molar-refractivity contribution is 5.55. The van der Waals surface area contributed by atoms with Gasteiger partial charge < -0.3 is 10.1 Å². The molecule has 1 saturated carbocycles. The van der Waals surface area contributed by atoms with Gasteiger partial charge in [0.05, 0.1) is 11.5 Å². The lowest BCUT2D eigenvalue weighted by Gasteiger charge is -2.12. The molecule has 1 aliphatic carbocycles. The molecule has 0 aliphatic heterocycles. The molecule has 1 aromatic carbocycles. The van der Waals surface area contributed by atoms with Crippen molar-refractivity contribution in [1.29, 1.82) is 0 Å². The van der Waals surface area contributed by atoms with Crippen LogP contribution in [0.3, 0.4) is 0 Å². The van der Waals surface area contributed by atoms with E-state index in [4.69, 9.17) is 4.74 Å². The van der Waals surface area contributed by atoms with Gasteiger partial charge in [0.1, 0.15) is 0 Å². The Morgan fingerprint density at radius 1 is 1.42 bits per heavy atom. The minimum atomic E-state index is -0.375. The molecule has 5 heteroatoms. The van der Waals surface area contributed by atoms with Crippen molar-refractivity contribution in [1.82, 2.24) is 0 Å². The van der Waals surface area contributed by atoms with E-state index in [0.29, 0.717) is 12.5 Å². The third kappa shape index (κ3) is 3.67. The summed E-state index contributed by atoms with van der Waals surface area (Å²) in [5, 5.41) is 13.8. The number of nitrogens with zero attached hydrogens (tertiary/aromatic N) is 1. The number of anilines is 1. The van der Waals surface area contributed by atoms with Gasteiger partial charge in [-0.05, 0) is 24.8 Å². The summed E-state index contributed by atoms with van der Waals surface area (Å²) in [6.45, 7) is 1.18.